The SMILES string of the molecule is Nc1ncc(-c2cc(N3C[C@@H]4C[C@H]3CO4)nc(N3CC4CC4C3)n2)cc1OC(F)F. The summed E-state index contributed by atoms with van der Waals surface area (Å²) in [5, 5.41) is 0. The van der Waals surface area contributed by atoms with Crippen LogP contribution in [-0.4, -0.2) is 60.0 Å². The van der Waals surface area contributed by atoms with E-state index in [4.69, 9.17) is 20.4 Å². The van der Waals surface area contributed by atoms with E-state index in [0.29, 0.717) is 29.9 Å². The van der Waals surface area contributed by atoms with E-state index in [-0.39, 0.29) is 17.7 Å². The number of hydrogen-bond acceptors (Lipinski definition) is 8. The Balaban J connectivity index is 1.39. The van der Waals surface area contributed by atoms with Crippen LogP contribution in [0.25, 0.3) is 11.3 Å². The van der Waals surface area contributed by atoms with Crippen molar-refractivity contribution in [2.45, 2.75) is 31.6 Å². The molecule has 3 aliphatic heterocycles. The minimum atomic E-state index is -2.97. The van der Waals surface area contributed by atoms with Gasteiger partial charge in [-0.1, -0.05) is 0 Å². The van der Waals surface area contributed by atoms with Crippen molar-refractivity contribution in [1.29, 1.82) is 0 Å². The molecule has 3 saturated heterocycles. The van der Waals surface area contributed by atoms with Crippen molar-refractivity contribution in [2.24, 2.45) is 11.8 Å². The van der Waals surface area contributed by atoms with E-state index in [1.165, 1.54) is 18.7 Å². The number of ether oxygens (including phenoxy) is 2. The van der Waals surface area contributed by atoms with Gasteiger partial charge in [-0.25, -0.2) is 9.97 Å². The van der Waals surface area contributed by atoms with Crippen LogP contribution in [0.15, 0.2) is 18.3 Å². The molecule has 6 rings (SSSR count). The summed E-state index contributed by atoms with van der Waals surface area (Å²) in [5.74, 6) is 2.75. The van der Waals surface area contributed by atoms with Crippen molar-refractivity contribution in [3.63, 3.8) is 0 Å². The van der Waals surface area contributed by atoms with E-state index < -0.39 is 6.61 Å². The Morgan fingerprint density at radius 1 is 1.13 bits per heavy atom. The Morgan fingerprint density at radius 3 is 2.67 bits per heavy atom. The summed E-state index contributed by atoms with van der Waals surface area (Å²) in [4.78, 5) is 18.1. The Morgan fingerprint density at radius 2 is 1.97 bits per heavy atom. The summed E-state index contributed by atoms with van der Waals surface area (Å²) < 4.78 is 35.7. The van der Waals surface area contributed by atoms with Gasteiger partial charge >= 0.3 is 6.61 Å². The number of anilines is 3. The van der Waals surface area contributed by atoms with Gasteiger partial charge in [-0.05, 0) is 30.7 Å². The first kappa shape index (κ1) is 18.1. The van der Waals surface area contributed by atoms with Crippen LogP contribution >= 0.6 is 0 Å². The summed E-state index contributed by atoms with van der Waals surface area (Å²) >= 11 is 0. The largest absolute Gasteiger partial charge is 0.431 e. The number of hydrogen-bond donors (Lipinski definition) is 1. The van der Waals surface area contributed by atoms with Gasteiger partial charge in [0.15, 0.2) is 11.6 Å². The van der Waals surface area contributed by atoms with Crippen molar-refractivity contribution in [1.82, 2.24) is 15.0 Å². The first-order chi connectivity index (χ1) is 14.5. The second-order valence-corrected chi connectivity index (χ2v) is 8.56. The van der Waals surface area contributed by atoms with E-state index in [2.05, 4.69) is 19.5 Å². The summed E-state index contributed by atoms with van der Waals surface area (Å²) in [7, 11) is 0. The Labute approximate surface area is 172 Å². The molecule has 2 aromatic rings. The minimum Gasteiger partial charge on any atom is -0.431 e. The molecule has 4 aliphatic rings. The number of nitrogens with zero attached hydrogens (tertiary/aromatic N) is 5. The van der Waals surface area contributed by atoms with Gasteiger partial charge < -0.3 is 25.0 Å². The van der Waals surface area contributed by atoms with Gasteiger partial charge in [-0.15, -0.1) is 0 Å². The molecule has 2 N–H and O–H groups in total. The summed E-state index contributed by atoms with van der Waals surface area (Å²) in [6, 6.07) is 3.66. The fraction of sp³-hybridized carbons (Fsp3) is 0.550. The molecule has 0 spiro atoms. The lowest BCUT2D eigenvalue weighted by Crippen LogP contribution is -2.38. The second-order valence-electron chi connectivity index (χ2n) is 8.56. The van der Waals surface area contributed by atoms with Crippen molar-refractivity contribution < 1.29 is 18.3 Å². The minimum absolute atomic E-state index is 0.0813. The van der Waals surface area contributed by atoms with Gasteiger partial charge in [0.05, 0.1) is 24.4 Å². The molecule has 5 heterocycles. The van der Waals surface area contributed by atoms with Gasteiger partial charge in [0.25, 0.3) is 0 Å². The normalized spacial score (nSPS) is 29.0. The molecule has 4 atom stereocenters. The van der Waals surface area contributed by atoms with Gasteiger partial charge in [-0.3, -0.25) is 0 Å². The molecule has 1 aliphatic carbocycles. The topological polar surface area (TPSA) is 89.6 Å². The number of halogens is 2. The van der Waals surface area contributed by atoms with Crippen molar-refractivity contribution in [3.05, 3.63) is 18.3 Å². The smallest absolute Gasteiger partial charge is 0.387 e. The maximum absolute atomic E-state index is 12.7. The Bertz CT molecular complexity index is 982. The molecule has 0 aromatic carbocycles. The molecule has 0 radical (unpaired) electrons. The van der Waals surface area contributed by atoms with E-state index in [0.717, 1.165) is 43.7 Å². The zero-order chi connectivity index (χ0) is 20.4. The predicted octanol–water partition coefficient (Wildman–Crippen LogP) is 2.16. The highest BCUT2D eigenvalue weighted by molar-refractivity contribution is 5.68. The highest BCUT2D eigenvalue weighted by atomic mass is 19.3. The van der Waals surface area contributed by atoms with E-state index in [1.54, 1.807) is 0 Å². The lowest BCUT2D eigenvalue weighted by molar-refractivity contribution is -0.0494. The van der Waals surface area contributed by atoms with Gasteiger partial charge in [0, 0.05) is 37.5 Å². The zero-order valence-corrected chi connectivity index (χ0v) is 16.2. The van der Waals surface area contributed by atoms with Gasteiger partial charge in [-0.2, -0.15) is 13.8 Å². The van der Waals surface area contributed by atoms with Crippen LogP contribution in [0.3, 0.4) is 0 Å². The lowest BCUT2D eigenvalue weighted by Gasteiger charge is -2.29. The number of morpholine rings is 1. The lowest BCUT2D eigenvalue weighted by atomic mass is 10.2. The maximum Gasteiger partial charge on any atom is 0.387 e. The molecule has 4 fully saturated rings. The van der Waals surface area contributed by atoms with Gasteiger partial charge in [0.1, 0.15) is 5.82 Å². The number of rotatable bonds is 5. The third kappa shape index (κ3) is 3.10. The number of aromatic nitrogens is 3. The fourth-order valence-corrected chi connectivity index (χ4v) is 4.89. The molecule has 10 heteroatoms. The zero-order valence-electron chi connectivity index (χ0n) is 16.2. The van der Waals surface area contributed by atoms with Crippen LogP contribution in [0.5, 0.6) is 5.75 Å². The maximum atomic E-state index is 12.7. The first-order valence-electron chi connectivity index (χ1n) is 10.3. The number of nitrogen functional groups attached to an aromatic ring is 1. The number of fused-ring (bicyclic) bond motifs is 3. The van der Waals surface area contributed by atoms with Crippen molar-refractivity contribution in [2.75, 3.05) is 41.8 Å². The molecule has 2 bridgehead atoms. The molecule has 8 nitrogen and oxygen atoms in total. The number of piperidine rings is 1. The third-order valence-corrected chi connectivity index (χ3v) is 6.55. The molecule has 1 saturated carbocycles. The highest BCUT2D eigenvalue weighted by Gasteiger charge is 2.46. The summed E-state index contributed by atoms with van der Waals surface area (Å²) in [6.07, 6.45) is 4.05. The average molecular weight is 416 g/mol. The quantitative estimate of drug-likeness (QED) is 0.793. The number of alkyl halides is 2. The molecule has 2 aromatic heterocycles. The average Bonchev–Trinajstić information content (AvgIpc) is 3.12. The third-order valence-electron chi connectivity index (χ3n) is 6.55. The predicted molar refractivity (Wildman–Crippen MR) is 106 cm³/mol. The van der Waals surface area contributed by atoms with Crippen LogP contribution in [-0.2, 0) is 4.74 Å². The van der Waals surface area contributed by atoms with E-state index in [9.17, 15) is 8.78 Å². The summed E-state index contributed by atoms with van der Waals surface area (Å²) in [6.45, 7) is 0.441. The molecule has 158 valence electrons. The van der Waals surface area contributed by atoms with Crippen LogP contribution in [0.2, 0.25) is 0 Å². The summed E-state index contributed by atoms with van der Waals surface area (Å²) in [5.41, 5.74) is 6.88. The highest BCUT2D eigenvalue weighted by Crippen LogP contribution is 2.46. The van der Waals surface area contributed by atoms with Crippen LogP contribution < -0.4 is 20.3 Å². The molecule has 2 unspecified atom stereocenters. The van der Waals surface area contributed by atoms with Crippen LogP contribution in [0.4, 0.5) is 26.4 Å². The van der Waals surface area contributed by atoms with Crippen LogP contribution in [0, 0.1) is 11.8 Å². The molecular formula is C20H22F2N6O2. The second kappa shape index (κ2) is 6.63. The molecular weight excluding hydrogens is 394 g/mol. The standard InChI is InChI=1S/C20H22F2N6O2/c21-19(22)30-16-2-10(5-24-18(16)23)15-4-17(28-8-14-3-13(28)9-29-14)26-20(25-15)27-6-11-1-12(11)7-27/h2,4-5,11-14,19H,1,3,6-9H2,(H2,23,24)/t11?,12?,13-,14-/m0/s1. The van der Waals surface area contributed by atoms with E-state index in [1.807, 2.05) is 6.07 Å². The Hall–Kier alpha value is -2.75. The molecule has 30 heavy (non-hydrogen) atoms. The number of pyridine rings is 1. The monoisotopic (exact) mass is 416 g/mol. The van der Waals surface area contributed by atoms with Crippen molar-refractivity contribution in [3.8, 4) is 17.0 Å². The number of nitrogens with two attached hydrogens (primary N) is 1. The first-order valence-corrected chi connectivity index (χ1v) is 10.3. The van der Waals surface area contributed by atoms with Crippen molar-refractivity contribution >= 4 is 17.6 Å². The Kier molecular flexibility index (Phi) is 3.99. The fourth-order valence-electron chi connectivity index (χ4n) is 4.89. The van der Waals surface area contributed by atoms with E-state index >= 15 is 0 Å². The van der Waals surface area contributed by atoms with Gasteiger partial charge in [0.2, 0.25) is 5.95 Å². The molecule has 0 amide bonds. The van der Waals surface area contributed by atoms with Crippen LogP contribution in [0.1, 0.15) is 12.8 Å².